The van der Waals surface area contributed by atoms with Gasteiger partial charge in [-0.25, -0.2) is 0 Å². The molecule has 5 nitrogen and oxygen atoms in total. The Morgan fingerprint density at radius 2 is 2.22 bits per heavy atom. The minimum atomic E-state index is -0.224. The summed E-state index contributed by atoms with van der Waals surface area (Å²) >= 11 is 0. The second-order valence-corrected chi connectivity index (χ2v) is 5.17. The Bertz CT molecular complexity index is 405. The van der Waals surface area contributed by atoms with Crippen LogP contribution in [0, 0.1) is 0 Å². The van der Waals surface area contributed by atoms with Crippen molar-refractivity contribution in [3.05, 3.63) is 17.0 Å². The molecule has 0 unspecified atom stereocenters. The molecule has 0 radical (unpaired) electrons. The minimum absolute atomic E-state index is 0.190. The standard InChI is InChI=1S/C13H20N2O3/c16-12-4-2-1-3-10(12)14-7-11-9-8-17-6-5-13(9)18-15-11/h10,12,14,16H,1-8H2/t10-,12-/m1/s1. The number of hydrogen-bond acceptors (Lipinski definition) is 5. The predicted molar refractivity (Wildman–Crippen MR) is 65.0 cm³/mol. The fraction of sp³-hybridized carbons (Fsp3) is 0.769. The van der Waals surface area contributed by atoms with Crippen LogP contribution in [0.2, 0.25) is 0 Å². The lowest BCUT2D eigenvalue weighted by Gasteiger charge is -2.28. The van der Waals surface area contributed by atoms with Crippen molar-refractivity contribution >= 4 is 0 Å². The van der Waals surface area contributed by atoms with Gasteiger partial charge in [0.2, 0.25) is 0 Å². The number of hydrogen-bond donors (Lipinski definition) is 2. The van der Waals surface area contributed by atoms with E-state index in [0.717, 1.165) is 49.3 Å². The Balaban J connectivity index is 1.61. The quantitative estimate of drug-likeness (QED) is 0.844. The molecule has 1 aromatic rings. The summed E-state index contributed by atoms with van der Waals surface area (Å²) in [4.78, 5) is 0. The minimum Gasteiger partial charge on any atom is -0.392 e. The molecule has 2 N–H and O–H groups in total. The van der Waals surface area contributed by atoms with Gasteiger partial charge in [0.05, 0.1) is 19.3 Å². The molecule has 0 saturated heterocycles. The van der Waals surface area contributed by atoms with Crippen molar-refractivity contribution in [2.24, 2.45) is 0 Å². The molecule has 2 atom stereocenters. The number of nitrogens with zero attached hydrogens (tertiary/aromatic N) is 1. The maximum absolute atomic E-state index is 9.90. The molecule has 1 fully saturated rings. The lowest BCUT2D eigenvalue weighted by molar-refractivity contribution is 0.0894. The summed E-state index contributed by atoms with van der Waals surface area (Å²) in [6, 6.07) is 0.190. The molecule has 2 heterocycles. The van der Waals surface area contributed by atoms with Gasteiger partial charge >= 0.3 is 0 Å². The summed E-state index contributed by atoms with van der Waals surface area (Å²) in [5.74, 6) is 0.960. The maximum atomic E-state index is 9.90. The molecule has 0 amide bonds. The van der Waals surface area contributed by atoms with Gasteiger partial charge in [-0.05, 0) is 12.8 Å². The molecule has 1 aliphatic carbocycles. The molecule has 5 heteroatoms. The van der Waals surface area contributed by atoms with Crippen LogP contribution in [0.3, 0.4) is 0 Å². The predicted octanol–water partition coefficient (Wildman–Crippen LogP) is 1.14. The topological polar surface area (TPSA) is 67.5 Å². The van der Waals surface area contributed by atoms with E-state index in [9.17, 15) is 5.11 Å². The average molecular weight is 252 g/mol. The summed E-state index contributed by atoms with van der Waals surface area (Å²) in [6.45, 7) is 1.98. The third kappa shape index (κ3) is 2.43. The first-order valence-corrected chi connectivity index (χ1v) is 6.80. The number of rotatable bonds is 3. The van der Waals surface area contributed by atoms with Gasteiger partial charge in [-0.15, -0.1) is 0 Å². The largest absolute Gasteiger partial charge is 0.392 e. The Kier molecular flexibility index (Phi) is 3.63. The van der Waals surface area contributed by atoms with Crippen LogP contribution in [0.1, 0.15) is 42.7 Å². The van der Waals surface area contributed by atoms with E-state index in [1.807, 2.05) is 0 Å². The van der Waals surface area contributed by atoms with E-state index in [1.54, 1.807) is 0 Å². The van der Waals surface area contributed by atoms with Crippen LogP contribution in [0.5, 0.6) is 0 Å². The Hall–Kier alpha value is -0.910. The summed E-state index contributed by atoms with van der Waals surface area (Å²) in [7, 11) is 0. The number of aliphatic hydroxyl groups is 1. The van der Waals surface area contributed by atoms with Crippen molar-refractivity contribution in [1.82, 2.24) is 10.5 Å². The lowest BCUT2D eigenvalue weighted by Crippen LogP contribution is -2.41. The second kappa shape index (κ2) is 5.38. The van der Waals surface area contributed by atoms with Gasteiger partial charge in [0.15, 0.2) is 0 Å². The second-order valence-electron chi connectivity index (χ2n) is 5.17. The first-order valence-electron chi connectivity index (χ1n) is 6.80. The van der Waals surface area contributed by atoms with E-state index < -0.39 is 0 Å². The fourth-order valence-electron chi connectivity index (χ4n) is 2.80. The number of nitrogens with one attached hydrogen (secondary N) is 1. The van der Waals surface area contributed by atoms with Crippen LogP contribution < -0.4 is 5.32 Å². The van der Waals surface area contributed by atoms with Crippen molar-refractivity contribution in [1.29, 1.82) is 0 Å². The fourth-order valence-corrected chi connectivity index (χ4v) is 2.80. The van der Waals surface area contributed by atoms with Crippen molar-refractivity contribution in [2.75, 3.05) is 6.61 Å². The highest BCUT2D eigenvalue weighted by atomic mass is 16.5. The molecule has 1 aliphatic heterocycles. The van der Waals surface area contributed by atoms with E-state index in [1.165, 1.54) is 6.42 Å². The number of aromatic nitrogens is 1. The average Bonchev–Trinajstić information content (AvgIpc) is 2.81. The van der Waals surface area contributed by atoms with Crippen LogP contribution >= 0.6 is 0 Å². The Labute approximate surface area is 106 Å². The number of fused-ring (bicyclic) bond motifs is 1. The Morgan fingerprint density at radius 1 is 1.33 bits per heavy atom. The third-order valence-corrected chi connectivity index (χ3v) is 3.93. The summed E-state index contributed by atoms with van der Waals surface area (Å²) in [6.07, 6.45) is 4.85. The molecule has 0 aromatic carbocycles. The maximum Gasteiger partial charge on any atom is 0.144 e. The molecule has 0 spiro atoms. The number of aliphatic hydroxyl groups excluding tert-OH is 1. The van der Waals surface area contributed by atoms with Gasteiger partial charge in [-0.1, -0.05) is 18.0 Å². The molecule has 0 bridgehead atoms. The molecular weight excluding hydrogens is 232 g/mol. The zero-order chi connectivity index (χ0) is 12.4. The molecule has 100 valence electrons. The van der Waals surface area contributed by atoms with E-state index >= 15 is 0 Å². The van der Waals surface area contributed by atoms with Gasteiger partial charge in [-0.3, -0.25) is 0 Å². The summed E-state index contributed by atoms with van der Waals surface area (Å²) in [5, 5.41) is 17.4. The highest BCUT2D eigenvalue weighted by Crippen LogP contribution is 2.22. The van der Waals surface area contributed by atoms with E-state index in [2.05, 4.69) is 10.5 Å². The Morgan fingerprint density at radius 3 is 3.11 bits per heavy atom. The highest BCUT2D eigenvalue weighted by Gasteiger charge is 2.24. The normalized spacial score (nSPS) is 28.1. The van der Waals surface area contributed by atoms with Crippen molar-refractivity contribution in [3.63, 3.8) is 0 Å². The van der Waals surface area contributed by atoms with Crippen LogP contribution in [-0.2, 0) is 24.3 Å². The lowest BCUT2D eigenvalue weighted by atomic mass is 9.92. The van der Waals surface area contributed by atoms with Crippen molar-refractivity contribution in [2.45, 2.75) is 57.4 Å². The first kappa shape index (κ1) is 12.1. The van der Waals surface area contributed by atoms with Crippen LogP contribution in [-0.4, -0.2) is 29.0 Å². The smallest absolute Gasteiger partial charge is 0.144 e. The molecule has 1 saturated carbocycles. The van der Waals surface area contributed by atoms with Crippen LogP contribution in [0.15, 0.2) is 4.52 Å². The van der Waals surface area contributed by atoms with Crippen LogP contribution in [0.25, 0.3) is 0 Å². The van der Waals surface area contributed by atoms with Gasteiger partial charge in [0, 0.05) is 24.6 Å². The molecule has 2 aliphatic rings. The summed E-state index contributed by atoms with van der Waals surface area (Å²) in [5.41, 5.74) is 2.03. The molecular formula is C13H20N2O3. The highest BCUT2D eigenvalue weighted by molar-refractivity contribution is 5.23. The van der Waals surface area contributed by atoms with Gasteiger partial charge in [0.25, 0.3) is 0 Å². The third-order valence-electron chi connectivity index (χ3n) is 3.93. The van der Waals surface area contributed by atoms with Crippen molar-refractivity contribution in [3.8, 4) is 0 Å². The van der Waals surface area contributed by atoms with Crippen LogP contribution in [0.4, 0.5) is 0 Å². The SMILES string of the molecule is O[C@@H]1CCCC[C@H]1NCc1noc2c1COCC2. The van der Waals surface area contributed by atoms with E-state index in [4.69, 9.17) is 9.26 Å². The monoisotopic (exact) mass is 252 g/mol. The van der Waals surface area contributed by atoms with E-state index in [0.29, 0.717) is 13.2 Å². The van der Waals surface area contributed by atoms with Gasteiger partial charge < -0.3 is 19.7 Å². The molecule has 3 rings (SSSR count). The zero-order valence-corrected chi connectivity index (χ0v) is 10.5. The van der Waals surface area contributed by atoms with Gasteiger partial charge in [0.1, 0.15) is 11.5 Å². The van der Waals surface area contributed by atoms with Crippen molar-refractivity contribution < 1.29 is 14.4 Å². The zero-order valence-electron chi connectivity index (χ0n) is 10.5. The molecule has 18 heavy (non-hydrogen) atoms. The summed E-state index contributed by atoms with van der Waals surface area (Å²) < 4.78 is 10.8. The van der Waals surface area contributed by atoms with E-state index in [-0.39, 0.29) is 12.1 Å². The number of ether oxygens (including phenoxy) is 1. The first-order chi connectivity index (χ1) is 8.84. The molecule has 1 aromatic heterocycles. The van der Waals surface area contributed by atoms with Gasteiger partial charge in [-0.2, -0.15) is 0 Å².